The molecule has 4 heteroatoms. The largest absolute Gasteiger partial charge is 0.385 e. The molecule has 1 aromatic carbocycles. The summed E-state index contributed by atoms with van der Waals surface area (Å²) in [5.41, 5.74) is 3.77. The number of carbonyl (C=O) groups excluding carboxylic acids is 1. The van der Waals surface area contributed by atoms with Gasteiger partial charge in [-0.25, -0.2) is 0 Å². The number of nitrogens with one attached hydrogen (secondary N) is 2. The Balaban J connectivity index is 1.98. The first-order valence-corrected chi connectivity index (χ1v) is 7.29. The van der Waals surface area contributed by atoms with Crippen molar-refractivity contribution in [2.75, 3.05) is 11.9 Å². The second kappa shape index (κ2) is 7.43. The van der Waals surface area contributed by atoms with Crippen molar-refractivity contribution in [1.29, 1.82) is 0 Å². The number of pyridine rings is 1. The average molecular weight is 283 g/mol. The maximum absolute atomic E-state index is 12.1. The number of carbonyl (C=O) groups is 1. The highest BCUT2D eigenvalue weighted by molar-refractivity contribution is 5.94. The molecule has 21 heavy (non-hydrogen) atoms. The van der Waals surface area contributed by atoms with Gasteiger partial charge in [-0.1, -0.05) is 13.0 Å². The predicted octanol–water partition coefficient (Wildman–Crippen LogP) is 3.01. The van der Waals surface area contributed by atoms with Gasteiger partial charge in [-0.15, -0.1) is 0 Å². The summed E-state index contributed by atoms with van der Waals surface area (Å²) in [5, 5.41) is 6.12. The summed E-state index contributed by atoms with van der Waals surface area (Å²) in [7, 11) is 0. The summed E-state index contributed by atoms with van der Waals surface area (Å²) in [4.78, 5) is 16.5. The van der Waals surface area contributed by atoms with Crippen LogP contribution in [0.2, 0.25) is 0 Å². The minimum atomic E-state index is -0.0780. The number of nitrogens with zero attached hydrogens (tertiary/aromatic N) is 1. The van der Waals surface area contributed by atoms with E-state index in [4.69, 9.17) is 0 Å². The lowest BCUT2D eigenvalue weighted by molar-refractivity contribution is 0.0950. The molecule has 0 aliphatic heterocycles. The number of benzene rings is 1. The van der Waals surface area contributed by atoms with Crippen molar-refractivity contribution in [3.05, 3.63) is 59.4 Å². The Morgan fingerprint density at radius 3 is 2.57 bits per heavy atom. The molecule has 0 fully saturated rings. The van der Waals surface area contributed by atoms with E-state index in [1.54, 1.807) is 6.20 Å². The van der Waals surface area contributed by atoms with Gasteiger partial charge in [0, 0.05) is 24.0 Å². The molecular weight excluding hydrogens is 262 g/mol. The van der Waals surface area contributed by atoms with Crippen LogP contribution in [-0.4, -0.2) is 17.4 Å². The molecule has 4 nitrogen and oxygen atoms in total. The second-order valence-corrected chi connectivity index (χ2v) is 4.75. The van der Waals surface area contributed by atoms with Crippen molar-refractivity contribution in [2.24, 2.45) is 0 Å². The fourth-order valence-electron chi connectivity index (χ4n) is 2.16. The Morgan fingerprint density at radius 2 is 1.90 bits per heavy atom. The first-order valence-electron chi connectivity index (χ1n) is 7.29. The lowest BCUT2D eigenvalue weighted by Gasteiger charge is -2.09. The first kappa shape index (κ1) is 15.0. The van der Waals surface area contributed by atoms with Crippen LogP contribution < -0.4 is 10.6 Å². The van der Waals surface area contributed by atoms with Gasteiger partial charge in [0.05, 0.1) is 12.2 Å². The fraction of sp³-hybridized carbons (Fsp3) is 0.294. The molecule has 2 rings (SSSR count). The predicted molar refractivity (Wildman–Crippen MR) is 85.4 cm³/mol. The lowest BCUT2D eigenvalue weighted by Crippen LogP contribution is -2.24. The molecule has 0 radical (unpaired) electrons. The third kappa shape index (κ3) is 4.05. The Labute approximate surface area is 125 Å². The molecule has 0 unspecified atom stereocenters. The molecule has 0 saturated heterocycles. The van der Waals surface area contributed by atoms with E-state index in [0.717, 1.165) is 24.3 Å². The fourth-order valence-corrected chi connectivity index (χ4v) is 2.16. The highest BCUT2D eigenvalue weighted by Crippen LogP contribution is 2.10. The number of amides is 1. The minimum Gasteiger partial charge on any atom is -0.385 e. The Kier molecular flexibility index (Phi) is 5.32. The summed E-state index contributed by atoms with van der Waals surface area (Å²) in [6.45, 7) is 5.45. The monoisotopic (exact) mass is 283 g/mol. The standard InChI is InChI=1S/C17H21N3O/c1-3-13-6-5-11-19-16(13)12-20-17(21)14-7-9-15(10-8-14)18-4-2/h5-11,18H,3-4,12H2,1-2H3,(H,20,21). The normalized spacial score (nSPS) is 10.2. The molecule has 1 heterocycles. The van der Waals surface area contributed by atoms with E-state index >= 15 is 0 Å². The van der Waals surface area contributed by atoms with Gasteiger partial charge in [0.25, 0.3) is 5.91 Å². The van der Waals surface area contributed by atoms with Gasteiger partial charge in [-0.05, 0) is 49.2 Å². The molecule has 1 aromatic heterocycles. The zero-order valence-corrected chi connectivity index (χ0v) is 12.5. The van der Waals surface area contributed by atoms with Gasteiger partial charge >= 0.3 is 0 Å². The molecule has 0 saturated carbocycles. The van der Waals surface area contributed by atoms with E-state index in [-0.39, 0.29) is 5.91 Å². The van der Waals surface area contributed by atoms with Gasteiger partial charge in [0.1, 0.15) is 0 Å². The smallest absolute Gasteiger partial charge is 0.251 e. The molecule has 2 N–H and O–H groups in total. The molecule has 1 amide bonds. The van der Waals surface area contributed by atoms with Gasteiger partial charge in [-0.2, -0.15) is 0 Å². The van der Waals surface area contributed by atoms with E-state index < -0.39 is 0 Å². The van der Waals surface area contributed by atoms with Crippen molar-refractivity contribution in [2.45, 2.75) is 26.8 Å². The molecule has 110 valence electrons. The maximum atomic E-state index is 12.1. The minimum absolute atomic E-state index is 0.0780. The van der Waals surface area contributed by atoms with Gasteiger partial charge in [-0.3, -0.25) is 9.78 Å². The van der Waals surface area contributed by atoms with Gasteiger partial charge in [0.2, 0.25) is 0 Å². The van der Waals surface area contributed by atoms with Crippen molar-refractivity contribution < 1.29 is 4.79 Å². The molecule has 2 aromatic rings. The highest BCUT2D eigenvalue weighted by Gasteiger charge is 2.07. The van der Waals surface area contributed by atoms with Crippen LogP contribution in [0.25, 0.3) is 0 Å². The maximum Gasteiger partial charge on any atom is 0.251 e. The van der Waals surface area contributed by atoms with E-state index in [1.165, 1.54) is 5.56 Å². The molecular formula is C17H21N3O. The highest BCUT2D eigenvalue weighted by atomic mass is 16.1. The average Bonchev–Trinajstić information content (AvgIpc) is 2.54. The summed E-state index contributed by atoms with van der Waals surface area (Å²) < 4.78 is 0. The number of aryl methyl sites for hydroxylation is 1. The van der Waals surface area contributed by atoms with Crippen LogP contribution in [0.4, 0.5) is 5.69 Å². The number of rotatable bonds is 6. The van der Waals surface area contributed by atoms with Crippen LogP contribution >= 0.6 is 0 Å². The molecule has 0 spiro atoms. The van der Waals surface area contributed by atoms with Crippen LogP contribution in [0.15, 0.2) is 42.6 Å². The summed E-state index contributed by atoms with van der Waals surface area (Å²) in [6, 6.07) is 11.4. The zero-order chi connectivity index (χ0) is 15.1. The first-order chi connectivity index (χ1) is 10.2. The SMILES string of the molecule is CCNc1ccc(C(=O)NCc2ncccc2CC)cc1. The molecule has 0 aliphatic rings. The van der Waals surface area contributed by atoms with E-state index in [9.17, 15) is 4.79 Å². The van der Waals surface area contributed by atoms with Gasteiger partial charge in [0.15, 0.2) is 0 Å². The van der Waals surface area contributed by atoms with Crippen molar-refractivity contribution in [3.63, 3.8) is 0 Å². The number of aromatic nitrogens is 1. The van der Waals surface area contributed by atoms with E-state index in [1.807, 2.05) is 43.3 Å². The van der Waals surface area contributed by atoms with Crippen molar-refractivity contribution >= 4 is 11.6 Å². The second-order valence-electron chi connectivity index (χ2n) is 4.75. The molecule has 0 aliphatic carbocycles. The van der Waals surface area contributed by atoms with Crippen LogP contribution in [0, 0.1) is 0 Å². The quantitative estimate of drug-likeness (QED) is 0.857. The Bertz CT molecular complexity index is 593. The lowest BCUT2D eigenvalue weighted by atomic mass is 10.1. The third-order valence-corrected chi connectivity index (χ3v) is 3.31. The number of anilines is 1. The summed E-state index contributed by atoms with van der Waals surface area (Å²) in [5.74, 6) is -0.0780. The number of hydrogen-bond acceptors (Lipinski definition) is 3. The zero-order valence-electron chi connectivity index (χ0n) is 12.5. The van der Waals surface area contributed by atoms with Crippen LogP contribution in [0.5, 0.6) is 0 Å². The number of hydrogen-bond donors (Lipinski definition) is 2. The molecule has 0 bridgehead atoms. The summed E-state index contributed by atoms with van der Waals surface area (Å²) in [6.07, 6.45) is 2.67. The van der Waals surface area contributed by atoms with Crippen molar-refractivity contribution in [1.82, 2.24) is 10.3 Å². The van der Waals surface area contributed by atoms with Gasteiger partial charge < -0.3 is 10.6 Å². The third-order valence-electron chi connectivity index (χ3n) is 3.31. The Hall–Kier alpha value is -2.36. The van der Waals surface area contributed by atoms with Crippen LogP contribution in [-0.2, 0) is 13.0 Å². The van der Waals surface area contributed by atoms with Crippen molar-refractivity contribution in [3.8, 4) is 0 Å². The molecule has 0 atom stereocenters. The van der Waals surface area contributed by atoms with Crippen LogP contribution in [0.1, 0.15) is 35.5 Å². The Morgan fingerprint density at radius 1 is 1.14 bits per heavy atom. The van der Waals surface area contributed by atoms with E-state index in [2.05, 4.69) is 22.5 Å². The summed E-state index contributed by atoms with van der Waals surface area (Å²) >= 11 is 0. The topological polar surface area (TPSA) is 54.0 Å². The van der Waals surface area contributed by atoms with Crippen LogP contribution in [0.3, 0.4) is 0 Å². The van der Waals surface area contributed by atoms with E-state index in [0.29, 0.717) is 12.1 Å².